The minimum Gasteiger partial charge on any atom is -0.453 e. The average Bonchev–Trinajstić information content (AvgIpc) is 4.06. The van der Waals surface area contributed by atoms with Gasteiger partial charge in [-0.05, 0) is 53.5 Å². The second kappa shape index (κ2) is 14.9. The van der Waals surface area contributed by atoms with Crippen molar-refractivity contribution in [3.05, 3.63) is 125 Å². The minimum atomic E-state index is -0.869. The van der Waals surface area contributed by atoms with Crippen molar-refractivity contribution in [1.29, 1.82) is 0 Å². The molecule has 2 saturated heterocycles. The van der Waals surface area contributed by atoms with Crippen molar-refractivity contribution in [3.8, 4) is 33.6 Å². The standard InChI is InChI=1S/C40H38N8O4S/c1-52-40(51)46-35(29-7-3-2-4-8-29)39(50)48-20-6-10-34(48)37-42-22-31(45-37)28-17-13-26(14-18-28)25-11-15-27(16-12-25)30-21-41-36(44-30)33-9-5-19-47(33)38(49)32-23-53-24-43-32/h2-4,7-8,11-18,21-24,33-35H,5-6,9-10,19-20H2,1H3,(H,41,44)(H,42,45)(H,46,51)/t33-,34-,35+/m0/s1. The number of carbonyl (C=O) groups is 3. The second-order valence-corrected chi connectivity index (χ2v) is 13.9. The molecule has 3 aromatic heterocycles. The molecule has 3 aromatic carbocycles. The van der Waals surface area contributed by atoms with Gasteiger partial charge in [-0.3, -0.25) is 9.59 Å². The van der Waals surface area contributed by atoms with Gasteiger partial charge >= 0.3 is 6.09 Å². The van der Waals surface area contributed by atoms with Crippen LogP contribution in [0.1, 0.15) is 71.5 Å². The quantitative estimate of drug-likeness (QED) is 0.141. The number of nitrogens with one attached hydrogen (secondary N) is 3. The third kappa shape index (κ3) is 6.95. The normalized spacial score (nSPS) is 17.5. The first kappa shape index (κ1) is 34.0. The van der Waals surface area contributed by atoms with Gasteiger partial charge in [0.05, 0.1) is 48.5 Å². The number of aromatic nitrogens is 5. The second-order valence-electron chi connectivity index (χ2n) is 13.2. The number of methoxy groups -OCH3 is 1. The lowest BCUT2D eigenvalue weighted by molar-refractivity contribution is -0.134. The monoisotopic (exact) mass is 726 g/mol. The number of hydrogen-bond donors (Lipinski definition) is 3. The summed E-state index contributed by atoms with van der Waals surface area (Å²) in [5.41, 5.74) is 8.77. The van der Waals surface area contributed by atoms with Gasteiger partial charge in [-0.25, -0.2) is 19.7 Å². The van der Waals surface area contributed by atoms with E-state index in [2.05, 4.69) is 73.8 Å². The first-order valence-corrected chi connectivity index (χ1v) is 18.6. The molecule has 2 aliphatic rings. The Morgan fingerprint density at radius 3 is 1.85 bits per heavy atom. The Morgan fingerprint density at radius 1 is 0.755 bits per heavy atom. The molecule has 2 aliphatic heterocycles. The van der Waals surface area contributed by atoms with Crippen molar-refractivity contribution in [1.82, 2.24) is 40.0 Å². The average molecular weight is 727 g/mol. The molecule has 3 N–H and O–H groups in total. The van der Waals surface area contributed by atoms with Gasteiger partial charge in [0, 0.05) is 18.5 Å². The minimum absolute atomic E-state index is 0.0500. The van der Waals surface area contributed by atoms with Crippen LogP contribution in [0.25, 0.3) is 33.6 Å². The number of imidazole rings is 2. The summed E-state index contributed by atoms with van der Waals surface area (Å²) in [7, 11) is 1.28. The number of carbonyl (C=O) groups excluding carboxylic acids is 3. The Labute approximate surface area is 310 Å². The van der Waals surface area contributed by atoms with Gasteiger partial charge in [0.1, 0.15) is 23.4 Å². The van der Waals surface area contributed by atoms with E-state index in [1.54, 1.807) is 22.0 Å². The fourth-order valence-electron chi connectivity index (χ4n) is 7.34. The van der Waals surface area contributed by atoms with Crippen LogP contribution in [-0.4, -0.2) is 72.8 Å². The van der Waals surface area contributed by atoms with Crippen molar-refractivity contribution in [2.75, 3.05) is 20.2 Å². The molecular weight excluding hydrogens is 689 g/mol. The van der Waals surface area contributed by atoms with Crippen LogP contribution in [0.15, 0.2) is 102 Å². The van der Waals surface area contributed by atoms with Gasteiger partial charge < -0.3 is 29.8 Å². The van der Waals surface area contributed by atoms with Crippen molar-refractivity contribution >= 4 is 29.2 Å². The zero-order valence-corrected chi connectivity index (χ0v) is 29.9. The molecule has 0 aliphatic carbocycles. The number of hydrogen-bond acceptors (Lipinski definition) is 8. The number of ether oxygens (including phenoxy) is 1. The Balaban J connectivity index is 0.935. The number of rotatable bonds is 9. The van der Waals surface area contributed by atoms with Crippen LogP contribution in [0, 0.1) is 0 Å². The molecular formula is C40H38N8O4S. The lowest BCUT2D eigenvalue weighted by atomic mass is 10.0. The molecule has 53 heavy (non-hydrogen) atoms. The molecule has 12 nitrogen and oxygen atoms in total. The lowest BCUT2D eigenvalue weighted by Gasteiger charge is -2.28. The fourth-order valence-corrected chi connectivity index (χ4v) is 7.87. The van der Waals surface area contributed by atoms with E-state index in [1.165, 1.54) is 18.4 Å². The summed E-state index contributed by atoms with van der Waals surface area (Å²) in [5.74, 6) is 1.25. The molecule has 6 aromatic rings. The van der Waals surface area contributed by atoms with E-state index in [9.17, 15) is 14.4 Å². The highest BCUT2D eigenvalue weighted by atomic mass is 32.1. The summed E-state index contributed by atoms with van der Waals surface area (Å²) in [4.78, 5) is 63.2. The summed E-state index contributed by atoms with van der Waals surface area (Å²) < 4.78 is 4.82. The Kier molecular flexibility index (Phi) is 9.55. The number of benzene rings is 3. The predicted molar refractivity (Wildman–Crippen MR) is 201 cm³/mol. The molecule has 3 atom stereocenters. The zero-order chi connectivity index (χ0) is 36.3. The van der Waals surface area contributed by atoms with Gasteiger partial charge in [0.2, 0.25) is 0 Å². The van der Waals surface area contributed by atoms with E-state index in [0.717, 1.165) is 65.1 Å². The fraction of sp³-hybridized carbons (Fsp3) is 0.250. The predicted octanol–water partition coefficient (Wildman–Crippen LogP) is 7.33. The van der Waals surface area contributed by atoms with Crippen molar-refractivity contribution in [2.45, 2.75) is 43.8 Å². The van der Waals surface area contributed by atoms with Crippen molar-refractivity contribution < 1.29 is 19.1 Å². The van der Waals surface area contributed by atoms with Gasteiger partial charge in [0.25, 0.3) is 11.8 Å². The summed E-state index contributed by atoms with van der Waals surface area (Å²) in [5, 5.41) is 4.50. The first-order chi connectivity index (χ1) is 26.0. The van der Waals surface area contributed by atoms with E-state index in [4.69, 9.17) is 9.72 Å². The highest BCUT2D eigenvalue weighted by Gasteiger charge is 2.37. The first-order valence-electron chi connectivity index (χ1n) is 17.7. The third-order valence-electron chi connectivity index (χ3n) is 10.1. The highest BCUT2D eigenvalue weighted by molar-refractivity contribution is 7.07. The molecule has 268 valence electrons. The van der Waals surface area contributed by atoms with Crippen LogP contribution >= 0.6 is 11.3 Å². The number of H-pyrrole nitrogens is 2. The van der Waals surface area contributed by atoms with Crippen LogP contribution < -0.4 is 5.32 Å². The Hall–Kier alpha value is -6.08. The summed E-state index contributed by atoms with van der Waals surface area (Å²) in [6.45, 7) is 1.26. The van der Waals surface area contributed by atoms with E-state index >= 15 is 0 Å². The van der Waals surface area contributed by atoms with Crippen molar-refractivity contribution in [3.63, 3.8) is 0 Å². The Bertz CT molecular complexity index is 2200. The number of aromatic amines is 2. The van der Waals surface area contributed by atoms with Crippen LogP contribution in [0.5, 0.6) is 0 Å². The maximum atomic E-state index is 13.9. The molecule has 0 unspecified atom stereocenters. The summed E-state index contributed by atoms with van der Waals surface area (Å²) in [6.07, 6.45) is 6.36. The van der Waals surface area contributed by atoms with E-state index < -0.39 is 12.1 Å². The number of amides is 3. The largest absolute Gasteiger partial charge is 0.453 e. The molecule has 0 radical (unpaired) electrons. The van der Waals surface area contributed by atoms with E-state index in [0.29, 0.717) is 30.2 Å². The van der Waals surface area contributed by atoms with E-state index in [-0.39, 0.29) is 23.9 Å². The van der Waals surface area contributed by atoms with Crippen LogP contribution in [0.2, 0.25) is 0 Å². The van der Waals surface area contributed by atoms with Crippen LogP contribution in [0.4, 0.5) is 4.79 Å². The SMILES string of the molecule is COC(=O)N[C@@H](C(=O)N1CCC[C@H]1c1ncc(-c2ccc(-c3ccc(-c4cnc([C@@H]5CCCN5C(=O)c5cscn5)[nH]4)cc3)cc2)[nH]1)c1ccccc1. The number of alkyl carbamates (subject to hydrolysis) is 1. The number of nitrogens with zero attached hydrogens (tertiary/aromatic N) is 5. The van der Waals surface area contributed by atoms with E-state index in [1.807, 2.05) is 41.4 Å². The zero-order valence-electron chi connectivity index (χ0n) is 29.1. The molecule has 0 spiro atoms. The molecule has 3 amide bonds. The third-order valence-corrected chi connectivity index (χ3v) is 10.7. The summed E-state index contributed by atoms with van der Waals surface area (Å²) >= 11 is 1.42. The highest BCUT2D eigenvalue weighted by Crippen LogP contribution is 2.36. The van der Waals surface area contributed by atoms with Crippen LogP contribution in [0.3, 0.4) is 0 Å². The maximum Gasteiger partial charge on any atom is 0.407 e. The smallest absolute Gasteiger partial charge is 0.407 e. The lowest BCUT2D eigenvalue weighted by Crippen LogP contribution is -2.42. The molecule has 5 heterocycles. The molecule has 0 bridgehead atoms. The molecule has 13 heteroatoms. The van der Waals surface area contributed by atoms with Crippen LogP contribution in [-0.2, 0) is 9.53 Å². The number of thiazole rings is 1. The summed E-state index contributed by atoms with van der Waals surface area (Å²) in [6, 6.07) is 24.6. The van der Waals surface area contributed by atoms with Gasteiger partial charge in [-0.2, -0.15) is 0 Å². The number of likely N-dealkylation sites (tertiary alicyclic amines) is 2. The topological polar surface area (TPSA) is 149 Å². The molecule has 0 saturated carbocycles. The Morgan fingerprint density at radius 2 is 1.30 bits per heavy atom. The molecule has 8 rings (SSSR count). The molecule has 2 fully saturated rings. The van der Waals surface area contributed by atoms with Gasteiger partial charge in [-0.15, -0.1) is 11.3 Å². The van der Waals surface area contributed by atoms with Gasteiger partial charge in [-0.1, -0.05) is 78.9 Å². The maximum absolute atomic E-state index is 13.9. The van der Waals surface area contributed by atoms with Crippen molar-refractivity contribution in [2.24, 2.45) is 0 Å². The van der Waals surface area contributed by atoms with Gasteiger partial charge in [0.15, 0.2) is 0 Å².